The Bertz CT molecular complexity index is 2390. The summed E-state index contributed by atoms with van der Waals surface area (Å²) in [5.41, 5.74) is 6.57. The van der Waals surface area contributed by atoms with Crippen molar-refractivity contribution < 1.29 is 19.2 Å². The van der Waals surface area contributed by atoms with Crippen molar-refractivity contribution in [1.29, 1.82) is 0 Å². The van der Waals surface area contributed by atoms with Gasteiger partial charge >= 0.3 is 0 Å². The number of hydrogen-bond donors (Lipinski definition) is 4. The van der Waals surface area contributed by atoms with Crippen LogP contribution in [0, 0.1) is 0 Å². The summed E-state index contributed by atoms with van der Waals surface area (Å²) >= 11 is 0. The molecular weight excluding hydrogens is 771 g/mol. The smallest absolute Gasteiger partial charge is 0.255 e. The number of nitrogens with zero attached hydrogens (tertiary/aromatic N) is 7. The number of piperazine rings is 1. The summed E-state index contributed by atoms with van der Waals surface area (Å²) in [6, 6.07) is 23.6. The Kier molecular flexibility index (Phi) is 11.9. The normalized spacial score (nSPS) is 18.4. The van der Waals surface area contributed by atoms with Gasteiger partial charge < -0.3 is 25.8 Å². The van der Waals surface area contributed by atoms with Crippen LogP contribution in [0.2, 0.25) is 0 Å². The van der Waals surface area contributed by atoms with E-state index in [0.29, 0.717) is 41.6 Å². The van der Waals surface area contributed by atoms with Gasteiger partial charge in [-0.1, -0.05) is 49.9 Å². The second-order valence-electron chi connectivity index (χ2n) is 16.6. The first-order chi connectivity index (χ1) is 29.9. The van der Waals surface area contributed by atoms with Gasteiger partial charge in [0, 0.05) is 85.5 Å². The predicted molar refractivity (Wildman–Crippen MR) is 235 cm³/mol. The molecule has 5 heterocycles. The zero-order valence-electron chi connectivity index (χ0n) is 34.4. The number of imide groups is 1. The van der Waals surface area contributed by atoms with E-state index in [9.17, 15) is 19.2 Å². The average Bonchev–Trinajstić information content (AvgIpc) is 4.01. The fourth-order valence-corrected chi connectivity index (χ4v) is 9.20. The molecule has 3 fully saturated rings. The quantitative estimate of drug-likeness (QED) is 0.0640. The van der Waals surface area contributed by atoms with Gasteiger partial charge in [-0.15, -0.1) is 0 Å². The third-order valence-electron chi connectivity index (χ3n) is 12.5. The Hall–Kier alpha value is -6.35. The Balaban J connectivity index is 0.696. The zero-order chi connectivity index (χ0) is 41.7. The largest absolute Gasteiger partial charge is 0.369 e. The lowest BCUT2D eigenvalue weighted by Gasteiger charge is -2.36. The summed E-state index contributed by atoms with van der Waals surface area (Å²) in [7, 11) is 0. The first kappa shape index (κ1) is 40.1. The molecule has 1 aliphatic carbocycles. The molecule has 5 aromatic rings. The molecule has 4 N–H and O–H groups in total. The molecule has 0 bridgehead atoms. The number of carbonyl (C=O) groups excluding carboxylic acids is 4. The molecule has 0 spiro atoms. The monoisotopic (exact) mass is 823 g/mol. The molecule has 15 nitrogen and oxygen atoms in total. The van der Waals surface area contributed by atoms with Crippen LogP contribution in [0.3, 0.4) is 0 Å². The van der Waals surface area contributed by atoms with Gasteiger partial charge in [0.1, 0.15) is 11.6 Å². The van der Waals surface area contributed by atoms with Crippen LogP contribution in [-0.2, 0) is 20.9 Å². The number of carbonyl (C=O) groups is 4. The highest BCUT2D eigenvalue weighted by Crippen LogP contribution is 2.36. The molecule has 2 aromatic heterocycles. The molecule has 1 unspecified atom stereocenters. The molecule has 316 valence electrons. The summed E-state index contributed by atoms with van der Waals surface area (Å²) in [6.45, 7) is 5.24. The fourth-order valence-electron chi connectivity index (χ4n) is 9.20. The molecule has 61 heavy (non-hydrogen) atoms. The number of aromatic nitrogens is 4. The van der Waals surface area contributed by atoms with Crippen molar-refractivity contribution in [1.82, 2.24) is 34.6 Å². The van der Waals surface area contributed by atoms with E-state index in [1.807, 2.05) is 36.5 Å². The summed E-state index contributed by atoms with van der Waals surface area (Å²) < 4.78 is 2.26. The number of fused-ring (bicyclic) bond motifs is 2. The highest BCUT2D eigenvalue weighted by atomic mass is 16.2. The first-order valence-electron chi connectivity index (χ1n) is 21.8. The number of hydrogen-bond acceptors (Lipinski definition) is 11. The number of piperidine rings is 1. The van der Waals surface area contributed by atoms with Crippen LogP contribution in [0.15, 0.2) is 79.0 Å². The molecule has 3 aliphatic heterocycles. The van der Waals surface area contributed by atoms with E-state index >= 15 is 0 Å². The van der Waals surface area contributed by atoms with E-state index in [2.05, 4.69) is 64.9 Å². The molecule has 0 radical (unpaired) electrons. The van der Waals surface area contributed by atoms with Crippen LogP contribution < -0.4 is 26.2 Å². The third kappa shape index (κ3) is 9.07. The second kappa shape index (κ2) is 18.1. The minimum Gasteiger partial charge on any atom is -0.369 e. The minimum absolute atomic E-state index is 0.0798. The lowest BCUT2D eigenvalue weighted by atomic mass is 10.0. The Morgan fingerprint density at radius 1 is 0.787 bits per heavy atom. The van der Waals surface area contributed by atoms with Gasteiger partial charge in [0.15, 0.2) is 5.65 Å². The van der Waals surface area contributed by atoms with Crippen molar-refractivity contribution in [2.24, 2.45) is 0 Å². The number of para-hydroxylation sites is 1. The van der Waals surface area contributed by atoms with Crippen LogP contribution in [0.1, 0.15) is 92.6 Å². The minimum atomic E-state index is -0.688. The van der Waals surface area contributed by atoms with E-state index < -0.39 is 11.9 Å². The molecule has 1 atom stereocenters. The highest BCUT2D eigenvalue weighted by molar-refractivity contribution is 6.06. The molecular formula is C46H53N11O4. The van der Waals surface area contributed by atoms with E-state index in [-0.39, 0.29) is 30.7 Å². The summed E-state index contributed by atoms with van der Waals surface area (Å²) in [5, 5.41) is 12.3. The van der Waals surface area contributed by atoms with Gasteiger partial charge in [-0.3, -0.25) is 34.0 Å². The molecule has 2 saturated heterocycles. The second-order valence-corrected chi connectivity index (χ2v) is 16.6. The molecule has 4 amide bonds. The Morgan fingerprint density at radius 3 is 2.34 bits per heavy atom. The van der Waals surface area contributed by atoms with Crippen LogP contribution in [0.5, 0.6) is 0 Å². The number of nitrogens with one attached hydrogen (secondary N) is 4. The predicted octanol–water partition coefficient (Wildman–Crippen LogP) is 6.90. The van der Waals surface area contributed by atoms with Crippen LogP contribution in [-0.4, -0.2) is 91.7 Å². The van der Waals surface area contributed by atoms with Crippen molar-refractivity contribution >= 4 is 69.4 Å². The SMILES string of the molecule is O=C1CCC(N2Cc3c(NC(=O)CCCCCCN4CCN(c5ccc(Nc6ncc7nc(Nc8ccccc8)n(C8CCCC8)c7n6)cc5)CC4)cccc3C2=O)C(=O)N1. The van der Waals surface area contributed by atoms with Crippen molar-refractivity contribution in [2.75, 3.05) is 53.6 Å². The average molecular weight is 824 g/mol. The number of rotatable bonds is 15. The van der Waals surface area contributed by atoms with Crippen molar-refractivity contribution in [3.8, 4) is 0 Å². The van der Waals surface area contributed by atoms with E-state index in [1.165, 1.54) is 23.4 Å². The topological polar surface area (TPSA) is 170 Å². The molecule has 15 heteroatoms. The van der Waals surface area contributed by atoms with Crippen molar-refractivity contribution in [3.05, 3.63) is 90.1 Å². The number of imidazole rings is 1. The van der Waals surface area contributed by atoms with Crippen LogP contribution in [0.25, 0.3) is 11.2 Å². The van der Waals surface area contributed by atoms with Gasteiger partial charge in [0.05, 0.1) is 6.20 Å². The van der Waals surface area contributed by atoms with Crippen molar-refractivity contribution in [2.45, 2.75) is 89.3 Å². The van der Waals surface area contributed by atoms with Crippen LogP contribution in [0.4, 0.5) is 34.6 Å². The van der Waals surface area contributed by atoms with Crippen molar-refractivity contribution in [3.63, 3.8) is 0 Å². The lowest BCUT2D eigenvalue weighted by molar-refractivity contribution is -0.137. The highest BCUT2D eigenvalue weighted by Gasteiger charge is 2.40. The molecule has 1 saturated carbocycles. The number of amides is 4. The number of unbranched alkanes of at least 4 members (excludes halogenated alkanes) is 3. The third-order valence-corrected chi connectivity index (χ3v) is 12.5. The van der Waals surface area contributed by atoms with E-state index in [0.717, 1.165) is 99.7 Å². The molecule has 4 aliphatic rings. The maximum Gasteiger partial charge on any atom is 0.255 e. The maximum absolute atomic E-state index is 13.1. The maximum atomic E-state index is 13.1. The Morgan fingerprint density at radius 2 is 1.56 bits per heavy atom. The summed E-state index contributed by atoms with van der Waals surface area (Å²) in [6.07, 6.45) is 11.3. The van der Waals surface area contributed by atoms with Gasteiger partial charge in [0.25, 0.3) is 5.91 Å². The first-order valence-corrected chi connectivity index (χ1v) is 21.8. The Labute approximate surface area is 355 Å². The fraction of sp³-hybridized carbons (Fsp3) is 0.413. The lowest BCUT2D eigenvalue weighted by Crippen LogP contribution is -2.52. The van der Waals surface area contributed by atoms with Gasteiger partial charge in [-0.05, 0) is 87.2 Å². The van der Waals surface area contributed by atoms with Gasteiger partial charge in [-0.25, -0.2) is 9.97 Å². The van der Waals surface area contributed by atoms with E-state index in [4.69, 9.17) is 9.97 Å². The zero-order valence-corrected chi connectivity index (χ0v) is 34.4. The van der Waals surface area contributed by atoms with Gasteiger partial charge in [0.2, 0.25) is 29.6 Å². The summed E-state index contributed by atoms with van der Waals surface area (Å²) in [4.78, 5) is 71.0. The standard InChI is InChI=1S/C46H53N11O4/c58-40(50-37-16-10-15-35-36(37)30-56(44(35)61)39-22-23-41(59)52-43(39)60)17-6-1-2-9-24-54-25-27-55(28-26-54)33-20-18-32(19-21-33)48-45-47-29-38-42(53-45)57(34-13-7-8-14-34)46(51-38)49-31-11-4-3-5-12-31/h3-5,10-12,15-16,18-21,29,34,39H,1-2,6-9,13-14,17,22-28,30H2,(H,49,51)(H,50,58)(H,47,48,53)(H,52,59,60). The van der Waals surface area contributed by atoms with E-state index in [1.54, 1.807) is 18.2 Å². The molecule has 3 aromatic carbocycles. The van der Waals surface area contributed by atoms with Crippen LogP contribution >= 0.6 is 0 Å². The number of anilines is 6. The van der Waals surface area contributed by atoms with Gasteiger partial charge in [-0.2, -0.15) is 4.98 Å². The number of benzene rings is 3. The molecule has 9 rings (SSSR count). The summed E-state index contributed by atoms with van der Waals surface area (Å²) in [5.74, 6) is 0.265.